The van der Waals surface area contributed by atoms with Crippen LogP contribution in [0.15, 0.2) is 30.9 Å². The molecule has 0 fully saturated rings. The summed E-state index contributed by atoms with van der Waals surface area (Å²) in [5.41, 5.74) is 3.46. The van der Waals surface area contributed by atoms with Crippen molar-refractivity contribution in [3.05, 3.63) is 36.4 Å². The Kier molecular flexibility index (Phi) is 2.75. The summed E-state index contributed by atoms with van der Waals surface area (Å²) < 4.78 is 5.19. The molecule has 0 aliphatic rings. The van der Waals surface area contributed by atoms with Crippen molar-refractivity contribution in [2.75, 3.05) is 12.4 Å². The number of fused-ring (bicyclic) bond motifs is 1. The standard InChI is InChI=1S/C13H13N5O/c1-8-5-9(19-2)3-4-10(8)18-13-11-12(15-6-14-11)16-7-17-13/h3-7H,1-2H3,(H2,14,15,16,17,18). The molecule has 2 N–H and O–H groups in total. The molecule has 0 radical (unpaired) electrons. The van der Waals surface area contributed by atoms with Gasteiger partial charge in [-0.3, -0.25) is 0 Å². The molecular weight excluding hydrogens is 242 g/mol. The first-order valence-electron chi connectivity index (χ1n) is 5.83. The fourth-order valence-electron chi connectivity index (χ4n) is 1.89. The zero-order valence-electron chi connectivity index (χ0n) is 10.6. The number of aromatic amines is 1. The Balaban J connectivity index is 1.99. The van der Waals surface area contributed by atoms with Crippen LogP contribution < -0.4 is 10.1 Å². The third-order valence-corrected chi connectivity index (χ3v) is 2.90. The van der Waals surface area contributed by atoms with E-state index in [2.05, 4.69) is 25.3 Å². The molecule has 19 heavy (non-hydrogen) atoms. The maximum atomic E-state index is 5.19. The largest absolute Gasteiger partial charge is 0.497 e. The van der Waals surface area contributed by atoms with Gasteiger partial charge in [0.05, 0.1) is 13.4 Å². The summed E-state index contributed by atoms with van der Waals surface area (Å²) in [6.45, 7) is 2.01. The van der Waals surface area contributed by atoms with Crippen molar-refractivity contribution < 1.29 is 4.74 Å². The molecule has 96 valence electrons. The van der Waals surface area contributed by atoms with Crippen LogP contribution >= 0.6 is 0 Å². The summed E-state index contributed by atoms with van der Waals surface area (Å²) in [6, 6.07) is 5.82. The summed E-state index contributed by atoms with van der Waals surface area (Å²) in [5.74, 6) is 1.51. The summed E-state index contributed by atoms with van der Waals surface area (Å²) in [7, 11) is 1.65. The first-order chi connectivity index (χ1) is 9.28. The number of aromatic nitrogens is 4. The van der Waals surface area contributed by atoms with Gasteiger partial charge in [-0.2, -0.15) is 0 Å². The Morgan fingerprint density at radius 2 is 2.11 bits per heavy atom. The number of anilines is 2. The molecule has 0 bridgehead atoms. The van der Waals surface area contributed by atoms with Crippen molar-refractivity contribution in [1.29, 1.82) is 0 Å². The number of rotatable bonds is 3. The van der Waals surface area contributed by atoms with Gasteiger partial charge in [-0.15, -0.1) is 0 Å². The van der Waals surface area contributed by atoms with Crippen molar-refractivity contribution in [1.82, 2.24) is 19.9 Å². The molecule has 2 aromatic heterocycles. The first-order valence-corrected chi connectivity index (χ1v) is 5.83. The lowest BCUT2D eigenvalue weighted by Gasteiger charge is -2.10. The fraction of sp³-hybridized carbons (Fsp3) is 0.154. The third kappa shape index (κ3) is 2.08. The highest BCUT2D eigenvalue weighted by Gasteiger charge is 2.07. The van der Waals surface area contributed by atoms with Crippen LogP contribution in [0.1, 0.15) is 5.56 Å². The molecule has 2 heterocycles. The molecule has 3 rings (SSSR count). The summed E-state index contributed by atoms with van der Waals surface area (Å²) in [4.78, 5) is 15.5. The Hall–Kier alpha value is -2.63. The number of hydrogen-bond donors (Lipinski definition) is 2. The number of hydrogen-bond acceptors (Lipinski definition) is 5. The molecule has 0 atom stereocenters. The molecule has 3 aromatic rings. The lowest BCUT2D eigenvalue weighted by Crippen LogP contribution is -1.98. The minimum absolute atomic E-state index is 0.680. The number of benzene rings is 1. The second-order valence-electron chi connectivity index (χ2n) is 4.13. The van der Waals surface area contributed by atoms with E-state index in [0.29, 0.717) is 11.5 Å². The van der Waals surface area contributed by atoms with E-state index < -0.39 is 0 Å². The van der Waals surface area contributed by atoms with Crippen LogP contribution in [-0.4, -0.2) is 27.0 Å². The maximum Gasteiger partial charge on any atom is 0.162 e. The van der Waals surface area contributed by atoms with Crippen LogP contribution in [0, 0.1) is 6.92 Å². The van der Waals surface area contributed by atoms with E-state index in [1.165, 1.54) is 6.33 Å². The molecule has 0 aliphatic carbocycles. The molecule has 0 amide bonds. The first kappa shape index (κ1) is 11.5. The van der Waals surface area contributed by atoms with Crippen LogP contribution in [0.25, 0.3) is 11.2 Å². The normalized spacial score (nSPS) is 10.6. The van der Waals surface area contributed by atoms with Gasteiger partial charge < -0.3 is 15.0 Å². The van der Waals surface area contributed by atoms with E-state index in [1.807, 2.05) is 25.1 Å². The summed E-state index contributed by atoms with van der Waals surface area (Å²) in [6.07, 6.45) is 3.10. The van der Waals surface area contributed by atoms with E-state index in [1.54, 1.807) is 13.4 Å². The predicted molar refractivity (Wildman–Crippen MR) is 72.7 cm³/mol. The minimum atomic E-state index is 0.680. The average Bonchev–Trinajstić information content (AvgIpc) is 2.90. The second-order valence-corrected chi connectivity index (χ2v) is 4.13. The molecule has 0 aliphatic heterocycles. The van der Waals surface area contributed by atoms with Gasteiger partial charge in [-0.25, -0.2) is 15.0 Å². The average molecular weight is 255 g/mol. The highest BCUT2D eigenvalue weighted by molar-refractivity contribution is 5.84. The molecule has 6 heteroatoms. The van der Waals surface area contributed by atoms with E-state index in [9.17, 15) is 0 Å². The lowest BCUT2D eigenvalue weighted by atomic mass is 10.2. The van der Waals surface area contributed by atoms with Crippen LogP contribution in [0.5, 0.6) is 5.75 Å². The number of methoxy groups -OCH3 is 1. The van der Waals surface area contributed by atoms with E-state index in [-0.39, 0.29) is 0 Å². The Morgan fingerprint density at radius 3 is 2.89 bits per heavy atom. The Morgan fingerprint density at radius 1 is 1.21 bits per heavy atom. The van der Waals surface area contributed by atoms with Crippen molar-refractivity contribution >= 4 is 22.7 Å². The highest BCUT2D eigenvalue weighted by Crippen LogP contribution is 2.25. The number of H-pyrrole nitrogens is 1. The quantitative estimate of drug-likeness (QED) is 0.751. The van der Waals surface area contributed by atoms with Gasteiger partial charge in [0.25, 0.3) is 0 Å². The fourth-order valence-corrected chi connectivity index (χ4v) is 1.89. The molecule has 0 spiro atoms. The van der Waals surface area contributed by atoms with E-state index in [4.69, 9.17) is 4.74 Å². The van der Waals surface area contributed by atoms with Gasteiger partial charge in [0.2, 0.25) is 0 Å². The molecule has 1 aromatic carbocycles. The molecule has 0 unspecified atom stereocenters. The maximum absolute atomic E-state index is 5.19. The zero-order chi connectivity index (χ0) is 13.2. The number of ether oxygens (including phenoxy) is 1. The van der Waals surface area contributed by atoms with Crippen molar-refractivity contribution in [3.63, 3.8) is 0 Å². The SMILES string of the molecule is COc1ccc(Nc2ncnc3[nH]cnc23)c(C)c1. The van der Waals surface area contributed by atoms with Crippen LogP contribution in [-0.2, 0) is 0 Å². The Labute approximate surface area is 109 Å². The summed E-state index contributed by atoms with van der Waals surface area (Å²) >= 11 is 0. The van der Waals surface area contributed by atoms with Crippen LogP contribution in [0.3, 0.4) is 0 Å². The monoisotopic (exact) mass is 255 g/mol. The molecular formula is C13H13N5O. The van der Waals surface area contributed by atoms with E-state index >= 15 is 0 Å². The van der Waals surface area contributed by atoms with Crippen LogP contribution in [0.4, 0.5) is 11.5 Å². The van der Waals surface area contributed by atoms with Crippen molar-refractivity contribution in [3.8, 4) is 5.75 Å². The Bertz CT molecular complexity index is 722. The molecule has 0 saturated carbocycles. The molecule has 6 nitrogen and oxygen atoms in total. The lowest BCUT2D eigenvalue weighted by molar-refractivity contribution is 0.414. The van der Waals surface area contributed by atoms with Gasteiger partial charge >= 0.3 is 0 Å². The van der Waals surface area contributed by atoms with Crippen molar-refractivity contribution in [2.24, 2.45) is 0 Å². The molecule has 0 saturated heterocycles. The minimum Gasteiger partial charge on any atom is -0.497 e. The number of nitrogens with one attached hydrogen (secondary N) is 2. The van der Waals surface area contributed by atoms with Gasteiger partial charge in [-0.1, -0.05) is 0 Å². The van der Waals surface area contributed by atoms with E-state index in [0.717, 1.165) is 22.5 Å². The summed E-state index contributed by atoms with van der Waals surface area (Å²) in [5, 5.41) is 3.26. The smallest absolute Gasteiger partial charge is 0.162 e. The highest BCUT2D eigenvalue weighted by atomic mass is 16.5. The third-order valence-electron chi connectivity index (χ3n) is 2.90. The topological polar surface area (TPSA) is 75.7 Å². The van der Waals surface area contributed by atoms with Gasteiger partial charge in [0.1, 0.15) is 12.1 Å². The zero-order valence-corrected chi connectivity index (χ0v) is 10.6. The predicted octanol–water partition coefficient (Wildman–Crippen LogP) is 2.41. The number of nitrogens with zero attached hydrogens (tertiary/aromatic N) is 3. The number of aryl methyl sites for hydroxylation is 1. The second kappa shape index (κ2) is 4.56. The van der Waals surface area contributed by atoms with Crippen LogP contribution in [0.2, 0.25) is 0 Å². The number of imidazole rings is 1. The van der Waals surface area contributed by atoms with Gasteiger partial charge in [-0.05, 0) is 30.7 Å². The van der Waals surface area contributed by atoms with Gasteiger partial charge in [0, 0.05) is 5.69 Å². The van der Waals surface area contributed by atoms with Crippen molar-refractivity contribution in [2.45, 2.75) is 6.92 Å². The van der Waals surface area contributed by atoms with Gasteiger partial charge in [0.15, 0.2) is 17.0 Å².